The Morgan fingerprint density at radius 3 is 1.79 bits per heavy atom. The van der Waals surface area contributed by atoms with Gasteiger partial charge in [0.25, 0.3) is 0 Å². The summed E-state index contributed by atoms with van der Waals surface area (Å²) < 4.78 is 47.4. The quantitative estimate of drug-likeness (QED) is 0.0179. The molecule has 0 radical (unpaired) electrons. The first-order valence-electron chi connectivity index (χ1n) is 20.4. The molecule has 12 nitrogen and oxygen atoms in total. The van der Waals surface area contributed by atoms with E-state index in [9.17, 15) is 33.6 Å². The lowest BCUT2D eigenvalue weighted by atomic mass is 9.99. The van der Waals surface area contributed by atoms with Gasteiger partial charge in [-0.3, -0.25) is 9.35 Å². The lowest BCUT2D eigenvalue weighted by Crippen LogP contribution is -2.61. The van der Waals surface area contributed by atoms with Crippen LogP contribution in [0.2, 0.25) is 0 Å². The number of amides is 1. The molecule has 0 aromatic carbocycles. The van der Waals surface area contributed by atoms with Crippen LogP contribution in [-0.2, 0) is 28.9 Å². The summed E-state index contributed by atoms with van der Waals surface area (Å²) in [6, 6.07) is -0.947. The van der Waals surface area contributed by atoms with Gasteiger partial charge in [0.05, 0.1) is 25.4 Å². The zero-order valence-corrected chi connectivity index (χ0v) is 33.4. The summed E-state index contributed by atoms with van der Waals surface area (Å²) in [7, 11) is -5.08. The normalized spacial score (nSPS) is 22.3. The van der Waals surface area contributed by atoms with Gasteiger partial charge in [0.15, 0.2) is 6.29 Å². The smallest absolute Gasteiger partial charge is 0.394 e. The van der Waals surface area contributed by atoms with Crippen LogP contribution in [0.15, 0.2) is 36.5 Å². The molecular formula is C40H73NO11S. The van der Waals surface area contributed by atoms with Gasteiger partial charge >= 0.3 is 10.4 Å². The third kappa shape index (κ3) is 25.2. The number of nitrogens with one attached hydrogen (secondary N) is 1. The predicted molar refractivity (Wildman–Crippen MR) is 208 cm³/mol. The van der Waals surface area contributed by atoms with Crippen LogP contribution in [0.25, 0.3) is 0 Å². The van der Waals surface area contributed by atoms with Crippen molar-refractivity contribution >= 4 is 16.3 Å². The van der Waals surface area contributed by atoms with Crippen molar-refractivity contribution in [3.8, 4) is 0 Å². The Morgan fingerprint density at radius 1 is 0.755 bits per heavy atom. The van der Waals surface area contributed by atoms with E-state index in [2.05, 4.69) is 47.7 Å². The molecule has 1 rings (SSSR count). The Balaban J connectivity index is 2.61. The summed E-state index contributed by atoms with van der Waals surface area (Å²) in [4.78, 5) is 12.9. The van der Waals surface area contributed by atoms with Gasteiger partial charge in [-0.25, -0.2) is 4.18 Å². The molecule has 53 heavy (non-hydrogen) atoms. The third-order valence-corrected chi connectivity index (χ3v) is 9.91. The summed E-state index contributed by atoms with van der Waals surface area (Å²) in [5.41, 5.74) is 0. The van der Waals surface area contributed by atoms with Gasteiger partial charge in [-0.1, -0.05) is 140 Å². The first-order valence-corrected chi connectivity index (χ1v) is 21.8. The van der Waals surface area contributed by atoms with Gasteiger partial charge in [0.1, 0.15) is 24.4 Å². The van der Waals surface area contributed by atoms with Crippen molar-refractivity contribution < 1.29 is 51.8 Å². The van der Waals surface area contributed by atoms with Crippen molar-refractivity contribution in [2.24, 2.45) is 0 Å². The zero-order chi connectivity index (χ0) is 39.2. The van der Waals surface area contributed by atoms with E-state index in [4.69, 9.17) is 14.0 Å². The standard InChI is InChI=1S/C40H73NO11S/c1-3-5-7-9-11-13-15-16-17-18-20-22-24-26-28-30-36(44)41-33(34(43)29-27-25-23-21-19-14-12-10-8-6-4-2)32-50-40-38(46)39(52-53(47,48)49)37(45)35(31-42)51-40/h11,13,15-16,27,29,33-35,37-40,42-43,45-46H,3-10,12,14,17-26,28,30-32H2,1-2H3,(H,41,44)(H,47,48,49)/b13-11-,16-15-,29-27+. The van der Waals surface area contributed by atoms with E-state index in [0.29, 0.717) is 6.42 Å². The Morgan fingerprint density at radius 2 is 1.25 bits per heavy atom. The molecule has 6 N–H and O–H groups in total. The molecule has 1 heterocycles. The number of aliphatic hydroxyl groups excluding tert-OH is 4. The maximum absolute atomic E-state index is 12.9. The number of hydrogen-bond donors (Lipinski definition) is 6. The first-order chi connectivity index (χ1) is 25.5. The molecule has 310 valence electrons. The maximum atomic E-state index is 12.9. The molecular weight excluding hydrogens is 703 g/mol. The number of hydrogen-bond acceptors (Lipinski definition) is 10. The highest BCUT2D eigenvalue weighted by molar-refractivity contribution is 7.80. The Bertz CT molecular complexity index is 1100. The number of carbonyl (C=O) groups is 1. The fraction of sp³-hybridized carbons (Fsp3) is 0.825. The number of aliphatic hydroxyl groups is 4. The second-order valence-corrected chi connectivity index (χ2v) is 15.3. The van der Waals surface area contributed by atoms with Crippen molar-refractivity contribution in [2.75, 3.05) is 13.2 Å². The average molecular weight is 776 g/mol. The van der Waals surface area contributed by atoms with Gasteiger partial charge in [-0.15, -0.1) is 0 Å². The fourth-order valence-electron chi connectivity index (χ4n) is 6.21. The Hall–Kier alpha value is -1.68. The van der Waals surface area contributed by atoms with E-state index in [0.717, 1.165) is 64.2 Å². The van der Waals surface area contributed by atoms with Crippen LogP contribution in [0.4, 0.5) is 0 Å². The largest absolute Gasteiger partial charge is 0.397 e. The summed E-state index contributed by atoms with van der Waals surface area (Å²) in [5.74, 6) is -0.278. The van der Waals surface area contributed by atoms with Gasteiger partial charge in [0, 0.05) is 6.42 Å². The second-order valence-electron chi connectivity index (χ2n) is 14.3. The number of rotatable bonds is 33. The molecule has 1 saturated heterocycles. The highest BCUT2D eigenvalue weighted by Crippen LogP contribution is 2.26. The number of carbonyl (C=O) groups excluding carboxylic acids is 1. The molecule has 0 aromatic heterocycles. The summed E-state index contributed by atoms with van der Waals surface area (Å²) in [6.07, 6.45) is 26.2. The van der Waals surface area contributed by atoms with Crippen LogP contribution in [0.1, 0.15) is 155 Å². The van der Waals surface area contributed by atoms with Gasteiger partial charge < -0.3 is 35.2 Å². The molecule has 0 spiro atoms. The van der Waals surface area contributed by atoms with Crippen LogP contribution < -0.4 is 5.32 Å². The first kappa shape index (κ1) is 49.3. The predicted octanol–water partition coefficient (Wildman–Crippen LogP) is 6.77. The topological polar surface area (TPSA) is 192 Å². The lowest BCUT2D eigenvalue weighted by molar-refractivity contribution is -0.298. The molecule has 1 aliphatic heterocycles. The molecule has 0 aliphatic carbocycles. The van der Waals surface area contributed by atoms with Crippen molar-refractivity contribution in [1.82, 2.24) is 5.32 Å². The molecule has 1 aliphatic rings. The van der Waals surface area contributed by atoms with Gasteiger partial charge in [-0.05, 0) is 44.9 Å². The minimum absolute atomic E-state index is 0.254. The molecule has 7 atom stereocenters. The number of unbranched alkanes of at least 4 members (excludes halogenated alkanes) is 18. The van der Waals surface area contributed by atoms with E-state index in [1.807, 2.05) is 6.08 Å². The summed E-state index contributed by atoms with van der Waals surface area (Å²) in [5, 5.41) is 44.5. The van der Waals surface area contributed by atoms with Crippen LogP contribution >= 0.6 is 0 Å². The maximum Gasteiger partial charge on any atom is 0.397 e. The van der Waals surface area contributed by atoms with Crippen LogP contribution in [0, 0.1) is 0 Å². The molecule has 7 unspecified atom stereocenters. The second kappa shape index (κ2) is 31.5. The van der Waals surface area contributed by atoms with E-state index in [1.165, 1.54) is 64.2 Å². The summed E-state index contributed by atoms with van der Waals surface area (Å²) in [6.45, 7) is 3.30. The van der Waals surface area contributed by atoms with Crippen molar-refractivity contribution in [3.05, 3.63) is 36.5 Å². The van der Waals surface area contributed by atoms with Crippen LogP contribution in [-0.4, -0.2) is 95.4 Å². The Labute approximate surface area is 320 Å². The van der Waals surface area contributed by atoms with Crippen LogP contribution in [0.5, 0.6) is 0 Å². The highest BCUT2D eigenvalue weighted by atomic mass is 32.3. The molecule has 1 amide bonds. The molecule has 0 bridgehead atoms. The SMILES string of the molecule is CCCCC/C=C\C=C/CCCCCCCCC(=O)NC(COC1OC(CO)C(O)C(OS(=O)(=O)O)C1O)C(O)/C=C/CCCCCCCCCCC. The van der Waals surface area contributed by atoms with E-state index < -0.39 is 59.9 Å². The fourth-order valence-corrected chi connectivity index (χ4v) is 6.72. The average Bonchev–Trinajstić information content (AvgIpc) is 3.12. The zero-order valence-electron chi connectivity index (χ0n) is 32.6. The number of allylic oxidation sites excluding steroid dienone is 5. The van der Waals surface area contributed by atoms with Crippen molar-refractivity contribution in [3.63, 3.8) is 0 Å². The lowest BCUT2D eigenvalue weighted by Gasteiger charge is -2.41. The molecule has 13 heteroatoms. The highest BCUT2D eigenvalue weighted by Gasteiger charge is 2.48. The van der Waals surface area contributed by atoms with Gasteiger partial charge in [0.2, 0.25) is 5.91 Å². The monoisotopic (exact) mass is 775 g/mol. The van der Waals surface area contributed by atoms with Gasteiger partial charge in [-0.2, -0.15) is 8.42 Å². The van der Waals surface area contributed by atoms with E-state index >= 15 is 0 Å². The molecule has 0 aromatic rings. The van der Waals surface area contributed by atoms with Crippen molar-refractivity contribution in [1.29, 1.82) is 0 Å². The third-order valence-electron chi connectivity index (χ3n) is 9.44. The summed E-state index contributed by atoms with van der Waals surface area (Å²) >= 11 is 0. The minimum atomic E-state index is -5.08. The Kier molecular flexibility index (Phi) is 29.3. The van der Waals surface area contributed by atoms with Crippen LogP contribution in [0.3, 0.4) is 0 Å². The van der Waals surface area contributed by atoms with E-state index in [1.54, 1.807) is 6.08 Å². The molecule has 1 fully saturated rings. The number of ether oxygens (including phenoxy) is 2. The van der Waals surface area contributed by atoms with E-state index in [-0.39, 0.29) is 18.9 Å². The van der Waals surface area contributed by atoms with Crippen molar-refractivity contribution in [2.45, 2.75) is 198 Å². The minimum Gasteiger partial charge on any atom is -0.394 e. The molecule has 0 saturated carbocycles.